The van der Waals surface area contributed by atoms with Crippen LogP contribution >= 0.6 is 0 Å². The predicted molar refractivity (Wildman–Crippen MR) is 116 cm³/mol. The fourth-order valence-electron chi connectivity index (χ4n) is 9.01. The van der Waals surface area contributed by atoms with E-state index in [-0.39, 0.29) is 17.1 Å². The molecule has 4 heterocycles. The number of ether oxygens (including phenoxy) is 1. The molecule has 8 heteroatoms. The van der Waals surface area contributed by atoms with Gasteiger partial charge in [-0.3, -0.25) is 9.69 Å². The largest absolute Gasteiger partial charge is 0.497 e. The van der Waals surface area contributed by atoms with E-state index in [1.807, 2.05) is 24.3 Å². The molecule has 2 aromatic heterocycles. The monoisotopic (exact) mass is 430 g/mol. The number of fused-ring (bicyclic) bond motifs is 2. The molecule has 0 radical (unpaired) electrons. The Morgan fingerprint density at radius 1 is 1.22 bits per heavy atom. The molecule has 2 aliphatic heterocycles. The number of methoxy groups -OCH3 is 1. The van der Waals surface area contributed by atoms with E-state index < -0.39 is 0 Å². The molecule has 3 aliphatic carbocycles. The van der Waals surface area contributed by atoms with Gasteiger partial charge in [0.15, 0.2) is 5.82 Å². The van der Waals surface area contributed by atoms with E-state index in [1.165, 1.54) is 38.5 Å². The number of hydrogen-bond donors (Lipinski definition) is 1. The highest BCUT2D eigenvalue weighted by molar-refractivity contribution is 5.80. The molecule has 0 amide bonds. The van der Waals surface area contributed by atoms with Gasteiger partial charge in [-0.05, 0) is 89.9 Å². The van der Waals surface area contributed by atoms with Crippen molar-refractivity contribution < 1.29 is 4.74 Å². The molecule has 164 valence electrons. The lowest BCUT2D eigenvalue weighted by atomic mass is 9.28. The number of H-pyrrole nitrogens is 1. The van der Waals surface area contributed by atoms with Crippen molar-refractivity contribution in [3.63, 3.8) is 0 Å². The summed E-state index contributed by atoms with van der Waals surface area (Å²) in [6.07, 6.45) is 7.71. The van der Waals surface area contributed by atoms with Gasteiger partial charge in [-0.2, -0.15) is 0 Å². The second kappa shape index (κ2) is 5.60. The van der Waals surface area contributed by atoms with E-state index in [0.29, 0.717) is 17.4 Å². The molecule has 0 bridgehead atoms. The number of pyridine rings is 1. The Morgan fingerprint density at radius 2 is 2.12 bits per heavy atom. The minimum absolute atomic E-state index is 0.0534. The number of rotatable bonds is 2. The molecule has 5 unspecified atom stereocenters. The second-order valence-electron chi connectivity index (χ2n) is 10.7. The molecule has 1 N–H and O–H groups in total. The molecule has 5 aliphatic rings. The van der Waals surface area contributed by atoms with Crippen LogP contribution in [0.1, 0.15) is 56.0 Å². The van der Waals surface area contributed by atoms with Crippen LogP contribution in [0.4, 0.5) is 0 Å². The Hall–Kier alpha value is -2.74. The van der Waals surface area contributed by atoms with E-state index in [0.717, 1.165) is 40.5 Å². The first-order valence-corrected chi connectivity index (χ1v) is 11.9. The number of hydrogen-bond acceptors (Lipinski definition) is 6. The molecule has 8 nitrogen and oxygen atoms in total. The average Bonchev–Trinajstić information content (AvgIpc) is 3.25. The van der Waals surface area contributed by atoms with Gasteiger partial charge in [0.1, 0.15) is 11.8 Å². The molecular formula is C24H26N6O2. The number of aromatic amines is 1. The van der Waals surface area contributed by atoms with Crippen molar-refractivity contribution in [2.75, 3.05) is 13.7 Å². The third-order valence-electron chi connectivity index (χ3n) is 9.68. The minimum Gasteiger partial charge on any atom is -0.497 e. The summed E-state index contributed by atoms with van der Waals surface area (Å²) in [6.45, 7) is 1.00. The first-order chi connectivity index (χ1) is 15.7. The van der Waals surface area contributed by atoms with Crippen molar-refractivity contribution in [3.8, 4) is 5.75 Å². The number of nitrogens with one attached hydrogen (secondary N) is 1. The van der Waals surface area contributed by atoms with Crippen LogP contribution in [0.3, 0.4) is 0 Å². The number of aromatic nitrogens is 5. The number of tetrazole rings is 1. The van der Waals surface area contributed by atoms with E-state index in [4.69, 9.17) is 4.74 Å². The molecule has 4 fully saturated rings. The minimum atomic E-state index is -0.199. The molecule has 3 aromatic rings. The van der Waals surface area contributed by atoms with Crippen molar-refractivity contribution in [2.24, 2.45) is 17.3 Å². The average molecular weight is 431 g/mol. The molecule has 3 saturated carbocycles. The summed E-state index contributed by atoms with van der Waals surface area (Å²) in [5.74, 6) is 3.12. The maximum atomic E-state index is 13.4. The summed E-state index contributed by atoms with van der Waals surface area (Å²) in [5.41, 5.74) is 1.92. The fourth-order valence-corrected chi connectivity index (χ4v) is 9.01. The molecule has 6 atom stereocenters. The van der Waals surface area contributed by atoms with Crippen LogP contribution in [0, 0.1) is 17.3 Å². The first-order valence-electron chi connectivity index (χ1n) is 11.9. The first kappa shape index (κ1) is 17.8. The van der Waals surface area contributed by atoms with Gasteiger partial charge >= 0.3 is 0 Å². The zero-order valence-corrected chi connectivity index (χ0v) is 18.1. The maximum Gasteiger partial charge on any atom is 0.253 e. The molecule has 1 saturated heterocycles. The predicted octanol–water partition coefficient (Wildman–Crippen LogP) is 2.61. The Bertz CT molecular complexity index is 1340. The fraction of sp³-hybridized carbons (Fsp3) is 0.583. The summed E-state index contributed by atoms with van der Waals surface area (Å²) in [7, 11) is 1.64. The van der Waals surface area contributed by atoms with Crippen LogP contribution in [0.15, 0.2) is 29.1 Å². The summed E-state index contributed by atoms with van der Waals surface area (Å²) >= 11 is 0. The van der Waals surface area contributed by atoms with Crippen LogP contribution in [-0.4, -0.2) is 49.8 Å². The molecule has 1 aromatic carbocycles. The van der Waals surface area contributed by atoms with E-state index in [9.17, 15) is 4.79 Å². The van der Waals surface area contributed by atoms with Gasteiger partial charge in [0.2, 0.25) is 0 Å². The lowest BCUT2D eigenvalue weighted by Gasteiger charge is -2.83. The van der Waals surface area contributed by atoms with Crippen molar-refractivity contribution in [1.29, 1.82) is 0 Å². The van der Waals surface area contributed by atoms with Gasteiger partial charge in [0.05, 0.1) is 18.2 Å². The highest BCUT2D eigenvalue weighted by Crippen LogP contribution is 2.80. The van der Waals surface area contributed by atoms with Crippen molar-refractivity contribution in [2.45, 2.75) is 56.1 Å². The molecule has 2 spiro atoms. The topological polar surface area (TPSA) is 88.9 Å². The number of nitrogens with zero attached hydrogens (tertiary/aromatic N) is 5. The van der Waals surface area contributed by atoms with Gasteiger partial charge in [-0.25, -0.2) is 4.68 Å². The quantitative estimate of drug-likeness (QED) is 0.672. The Labute approximate surface area is 184 Å². The van der Waals surface area contributed by atoms with Gasteiger partial charge in [0.25, 0.3) is 5.56 Å². The standard InChI is InChI=1S/C24H26N6O2/c1-32-15-6-5-13-10-16(21(31)25-17(13)11-15)18-20-26-27-28-30(20)24-12-14-4-2-7-23(19(14)24)8-3-9-29(18)22(23)24/h5-6,10-11,14,18-19,22H,2-4,7-9,12H2,1H3,(H,25,31)/t14?,18-,19?,22?,23?,24?/m1/s1. The van der Waals surface area contributed by atoms with Crippen LogP contribution in [-0.2, 0) is 5.54 Å². The summed E-state index contributed by atoms with van der Waals surface area (Å²) < 4.78 is 7.50. The molecular weight excluding hydrogens is 404 g/mol. The molecule has 8 rings (SSSR count). The van der Waals surface area contributed by atoms with Crippen LogP contribution in [0.25, 0.3) is 10.9 Å². The summed E-state index contributed by atoms with van der Waals surface area (Å²) in [6, 6.07) is 8.11. The zero-order chi connectivity index (χ0) is 21.2. The van der Waals surface area contributed by atoms with Crippen molar-refractivity contribution >= 4 is 10.9 Å². The van der Waals surface area contributed by atoms with Crippen LogP contribution in [0.2, 0.25) is 0 Å². The highest BCUT2D eigenvalue weighted by Gasteiger charge is 2.83. The smallest absolute Gasteiger partial charge is 0.253 e. The Morgan fingerprint density at radius 3 is 3.03 bits per heavy atom. The summed E-state index contributed by atoms with van der Waals surface area (Å²) in [4.78, 5) is 19.1. The van der Waals surface area contributed by atoms with E-state index in [1.54, 1.807) is 7.11 Å². The highest BCUT2D eigenvalue weighted by atomic mass is 16.5. The van der Waals surface area contributed by atoms with Crippen LogP contribution in [0.5, 0.6) is 5.75 Å². The lowest BCUT2D eigenvalue weighted by molar-refractivity contribution is -0.342. The van der Waals surface area contributed by atoms with Crippen molar-refractivity contribution in [3.05, 3.63) is 46.0 Å². The Kier molecular flexibility index (Phi) is 3.11. The van der Waals surface area contributed by atoms with Gasteiger partial charge in [0, 0.05) is 17.7 Å². The third-order valence-corrected chi connectivity index (χ3v) is 9.68. The normalized spacial score (nSPS) is 38.8. The van der Waals surface area contributed by atoms with Crippen LogP contribution < -0.4 is 10.3 Å². The maximum absolute atomic E-state index is 13.4. The Balaban J connectivity index is 1.34. The van der Waals surface area contributed by atoms with Gasteiger partial charge < -0.3 is 9.72 Å². The van der Waals surface area contributed by atoms with Gasteiger partial charge in [-0.15, -0.1) is 5.10 Å². The van der Waals surface area contributed by atoms with E-state index in [2.05, 4.69) is 30.1 Å². The van der Waals surface area contributed by atoms with Crippen molar-refractivity contribution in [1.82, 2.24) is 30.1 Å². The molecule has 32 heavy (non-hydrogen) atoms. The third kappa shape index (κ3) is 1.76. The summed E-state index contributed by atoms with van der Waals surface area (Å²) in [5, 5.41) is 14.2. The van der Waals surface area contributed by atoms with Gasteiger partial charge in [-0.1, -0.05) is 6.42 Å². The second-order valence-corrected chi connectivity index (χ2v) is 10.7. The SMILES string of the molecule is COc1ccc2cc([C@@H]3c4nnnn4C45CC6CCCC7(CCCN3C74)C65)c(=O)[nH]c2c1. The van der Waals surface area contributed by atoms with E-state index >= 15 is 0 Å². The zero-order valence-electron chi connectivity index (χ0n) is 18.1. The lowest BCUT2D eigenvalue weighted by Crippen LogP contribution is -2.89. The number of piperidine rings is 1. The number of benzene rings is 1.